The van der Waals surface area contributed by atoms with E-state index >= 15 is 0 Å². The molecular formula is C21H26N6O2. The molecule has 152 valence electrons. The van der Waals surface area contributed by atoms with Gasteiger partial charge >= 0.3 is 0 Å². The van der Waals surface area contributed by atoms with Crippen LogP contribution >= 0.6 is 0 Å². The van der Waals surface area contributed by atoms with E-state index in [2.05, 4.69) is 34.4 Å². The van der Waals surface area contributed by atoms with E-state index < -0.39 is 0 Å². The van der Waals surface area contributed by atoms with Crippen LogP contribution in [0.5, 0.6) is 5.75 Å². The third-order valence-electron chi connectivity index (χ3n) is 6.29. The van der Waals surface area contributed by atoms with E-state index in [1.807, 2.05) is 36.1 Å². The summed E-state index contributed by atoms with van der Waals surface area (Å²) in [6, 6.07) is 5.93. The first-order valence-electron chi connectivity index (χ1n) is 10.1. The maximum atomic E-state index is 12.0. The summed E-state index contributed by atoms with van der Waals surface area (Å²) >= 11 is 0. The fraction of sp³-hybridized carbons (Fsp3) is 0.476. The molecular weight excluding hydrogens is 368 g/mol. The summed E-state index contributed by atoms with van der Waals surface area (Å²) in [5, 5.41) is 11.8. The predicted molar refractivity (Wildman–Crippen MR) is 110 cm³/mol. The van der Waals surface area contributed by atoms with Crippen LogP contribution in [0.4, 0.5) is 5.82 Å². The second-order valence-electron chi connectivity index (χ2n) is 8.52. The van der Waals surface area contributed by atoms with Crippen molar-refractivity contribution in [2.24, 2.45) is 13.0 Å². The first-order valence-corrected chi connectivity index (χ1v) is 10.1. The number of hydrogen-bond acceptors (Lipinski definition) is 5. The summed E-state index contributed by atoms with van der Waals surface area (Å²) in [5.41, 5.74) is 2.92. The van der Waals surface area contributed by atoms with Gasteiger partial charge in [0.25, 0.3) is 0 Å². The first kappa shape index (κ1) is 18.2. The third-order valence-corrected chi connectivity index (χ3v) is 6.29. The summed E-state index contributed by atoms with van der Waals surface area (Å²) in [6.45, 7) is 3.97. The zero-order valence-corrected chi connectivity index (χ0v) is 17.1. The lowest BCUT2D eigenvalue weighted by Gasteiger charge is -2.48. The van der Waals surface area contributed by atoms with Gasteiger partial charge in [-0.3, -0.25) is 14.4 Å². The molecule has 0 spiro atoms. The van der Waals surface area contributed by atoms with Crippen molar-refractivity contribution >= 4 is 17.2 Å². The van der Waals surface area contributed by atoms with Gasteiger partial charge in [-0.2, -0.15) is 10.2 Å². The molecule has 0 bridgehead atoms. The Balaban J connectivity index is 1.40. The van der Waals surface area contributed by atoms with Crippen LogP contribution in [-0.4, -0.2) is 55.9 Å². The lowest BCUT2D eigenvalue weighted by molar-refractivity contribution is -0.117. The number of pyridine rings is 1. The van der Waals surface area contributed by atoms with E-state index in [1.54, 1.807) is 10.7 Å². The van der Waals surface area contributed by atoms with Crippen molar-refractivity contribution in [3.63, 3.8) is 0 Å². The van der Waals surface area contributed by atoms with Gasteiger partial charge in [-0.25, -0.2) is 4.52 Å². The highest BCUT2D eigenvalue weighted by atomic mass is 16.5. The number of fused-ring (bicyclic) bond motifs is 1. The molecule has 1 aliphatic heterocycles. The lowest BCUT2D eigenvalue weighted by Crippen LogP contribution is -2.58. The van der Waals surface area contributed by atoms with Gasteiger partial charge in [-0.15, -0.1) is 0 Å². The molecule has 1 saturated carbocycles. The Labute approximate surface area is 169 Å². The molecule has 0 aromatic carbocycles. The Morgan fingerprint density at radius 2 is 2.17 bits per heavy atom. The topological polar surface area (TPSA) is 76.7 Å². The third kappa shape index (κ3) is 3.27. The molecule has 29 heavy (non-hydrogen) atoms. The first-order chi connectivity index (χ1) is 13.9. The number of aryl methyl sites for hydroxylation is 1. The molecule has 2 aliphatic rings. The molecule has 1 amide bonds. The van der Waals surface area contributed by atoms with Gasteiger partial charge in [0.05, 0.1) is 17.3 Å². The predicted octanol–water partition coefficient (Wildman–Crippen LogP) is 2.56. The average molecular weight is 394 g/mol. The van der Waals surface area contributed by atoms with E-state index in [-0.39, 0.29) is 17.4 Å². The highest BCUT2D eigenvalue weighted by Gasteiger charge is 2.38. The number of hydrogen-bond donors (Lipinski definition) is 1. The van der Waals surface area contributed by atoms with Crippen molar-refractivity contribution in [3.8, 4) is 17.0 Å². The maximum Gasteiger partial charge on any atom is 0.228 e. The number of anilines is 1. The SMILES string of the molecule is CN1CCC1(C)COc1cnn(C)c1-c1ccn2nc(NC(=O)C3CC3)cc2c1. The Kier molecular flexibility index (Phi) is 4.13. The lowest BCUT2D eigenvalue weighted by atomic mass is 9.88. The number of carbonyl (C=O) groups is 1. The van der Waals surface area contributed by atoms with Crippen LogP contribution in [0, 0.1) is 5.92 Å². The highest BCUT2D eigenvalue weighted by molar-refractivity contribution is 5.93. The number of ether oxygens (including phenoxy) is 1. The van der Waals surface area contributed by atoms with Crippen LogP contribution in [0.25, 0.3) is 16.8 Å². The van der Waals surface area contributed by atoms with Crippen molar-refractivity contribution in [3.05, 3.63) is 30.6 Å². The molecule has 1 saturated heterocycles. The zero-order valence-electron chi connectivity index (χ0n) is 17.1. The van der Waals surface area contributed by atoms with Crippen LogP contribution in [0.15, 0.2) is 30.6 Å². The van der Waals surface area contributed by atoms with Crippen LogP contribution in [0.2, 0.25) is 0 Å². The van der Waals surface area contributed by atoms with Crippen LogP contribution in [-0.2, 0) is 11.8 Å². The number of nitrogens with zero attached hydrogens (tertiary/aromatic N) is 5. The maximum absolute atomic E-state index is 12.0. The second kappa shape index (κ2) is 6.59. The van der Waals surface area contributed by atoms with E-state index in [4.69, 9.17) is 4.74 Å². The average Bonchev–Trinajstić information content (AvgIpc) is 3.39. The normalized spacial score (nSPS) is 21.9. The largest absolute Gasteiger partial charge is 0.488 e. The smallest absolute Gasteiger partial charge is 0.228 e. The number of nitrogens with one attached hydrogen (secondary N) is 1. The quantitative estimate of drug-likeness (QED) is 0.695. The fourth-order valence-corrected chi connectivity index (χ4v) is 3.76. The van der Waals surface area contributed by atoms with Crippen molar-refractivity contribution in [1.82, 2.24) is 24.3 Å². The van der Waals surface area contributed by atoms with Crippen molar-refractivity contribution in [2.75, 3.05) is 25.5 Å². The van der Waals surface area contributed by atoms with Crippen LogP contribution in [0.3, 0.4) is 0 Å². The Morgan fingerprint density at radius 3 is 2.86 bits per heavy atom. The van der Waals surface area contributed by atoms with Crippen LogP contribution < -0.4 is 10.1 Å². The second-order valence-corrected chi connectivity index (χ2v) is 8.52. The Bertz CT molecular complexity index is 1080. The van der Waals surface area contributed by atoms with Gasteiger partial charge in [0.1, 0.15) is 12.3 Å². The monoisotopic (exact) mass is 394 g/mol. The van der Waals surface area contributed by atoms with Crippen molar-refractivity contribution < 1.29 is 9.53 Å². The van der Waals surface area contributed by atoms with E-state index in [0.717, 1.165) is 48.3 Å². The summed E-state index contributed by atoms with van der Waals surface area (Å²) in [7, 11) is 4.05. The standard InChI is InChI=1S/C21H26N6O2/c1-21(7-9-25(21)2)13-29-17-12-22-26(3)19(17)15-6-8-27-16(10-15)11-18(24-27)23-20(28)14-4-5-14/h6,8,10-12,14H,4-5,7,9,13H2,1-3H3,(H,23,24,28). The fourth-order valence-electron chi connectivity index (χ4n) is 3.76. The molecule has 5 rings (SSSR count). The van der Waals surface area contributed by atoms with E-state index in [0.29, 0.717) is 12.4 Å². The molecule has 8 nitrogen and oxygen atoms in total. The van der Waals surface area contributed by atoms with Crippen LogP contribution in [0.1, 0.15) is 26.2 Å². The van der Waals surface area contributed by atoms with Gasteiger partial charge in [-0.1, -0.05) is 0 Å². The number of carbonyl (C=O) groups excluding carboxylic acids is 1. The number of likely N-dealkylation sites (N-methyl/N-ethyl adjacent to an activating group) is 1. The van der Waals surface area contributed by atoms with Gasteiger partial charge in [-0.05, 0) is 45.4 Å². The molecule has 4 heterocycles. The number of likely N-dealkylation sites (tertiary alicyclic amines) is 1. The van der Waals surface area contributed by atoms with Gasteiger partial charge < -0.3 is 10.1 Å². The van der Waals surface area contributed by atoms with Crippen molar-refractivity contribution in [2.45, 2.75) is 31.7 Å². The summed E-state index contributed by atoms with van der Waals surface area (Å²) in [5.74, 6) is 1.58. The minimum Gasteiger partial charge on any atom is -0.488 e. The van der Waals surface area contributed by atoms with E-state index in [9.17, 15) is 4.79 Å². The van der Waals surface area contributed by atoms with Crippen molar-refractivity contribution in [1.29, 1.82) is 0 Å². The molecule has 2 fully saturated rings. The van der Waals surface area contributed by atoms with Gasteiger partial charge in [0.2, 0.25) is 5.91 Å². The van der Waals surface area contributed by atoms with Gasteiger partial charge in [0.15, 0.2) is 11.6 Å². The molecule has 8 heteroatoms. The Hall–Kier alpha value is -2.87. The molecule has 1 aliphatic carbocycles. The molecule has 3 aromatic heterocycles. The minimum absolute atomic E-state index is 0.0606. The Morgan fingerprint density at radius 1 is 1.34 bits per heavy atom. The highest BCUT2D eigenvalue weighted by Crippen LogP contribution is 2.34. The number of amides is 1. The molecule has 1 atom stereocenters. The number of aromatic nitrogens is 4. The molecule has 1 unspecified atom stereocenters. The molecule has 3 aromatic rings. The minimum atomic E-state index is 0.0606. The molecule has 1 N–H and O–H groups in total. The summed E-state index contributed by atoms with van der Waals surface area (Å²) in [4.78, 5) is 14.3. The zero-order chi connectivity index (χ0) is 20.2. The number of rotatable bonds is 6. The van der Waals surface area contributed by atoms with Gasteiger partial charge in [0, 0.05) is 37.3 Å². The van der Waals surface area contributed by atoms with E-state index in [1.165, 1.54) is 0 Å². The summed E-state index contributed by atoms with van der Waals surface area (Å²) < 4.78 is 9.79. The molecule has 0 radical (unpaired) electrons. The summed E-state index contributed by atoms with van der Waals surface area (Å²) in [6.07, 6.45) is 6.76.